The fraction of sp³-hybridized carbons (Fsp3) is 0.190. The van der Waals surface area contributed by atoms with Crippen LogP contribution in [0.2, 0.25) is 15.1 Å². The van der Waals surface area contributed by atoms with Crippen molar-refractivity contribution in [2.45, 2.75) is 30.8 Å². The van der Waals surface area contributed by atoms with Crippen molar-refractivity contribution in [1.82, 2.24) is 14.8 Å². The Balaban J connectivity index is 1.73. The number of hydrogen-bond donors (Lipinski definition) is 1. The van der Waals surface area contributed by atoms with Gasteiger partial charge in [-0.2, -0.15) is 4.98 Å². The molecule has 0 spiro atoms. The molecule has 4 rings (SSSR count). The summed E-state index contributed by atoms with van der Waals surface area (Å²) in [4.78, 5) is 17.1. The van der Waals surface area contributed by atoms with Gasteiger partial charge < -0.3 is 5.32 Å². The normalized spacial score (nSPS) is 15.7. The van der Waals surface area contributed by atoms with Crippen LogP contribution in [0.5, 0.6) is 0 Å². The number of nitrogens with zero attached hydrogens (tertiary/aromatic N) is 3. The first-order chi connectivity index (χ1) is 14.3. The zero-order chi connectivity index (χ0) is 21.4. The van der Waals surface area contributed by atoms with Crippen LogP contribution in [-0.2, 0) is 10.5 Å². The molecule has 0 aliphatic carbocycles. The number of anilines is 1. The smallest absolute Gasteiger partial charge is 0.227 e. The number of nitrogens with one attached hydrogen (secondary N) is 1. The monoisotopic (exact) mass is 478 g/mol. The molecule has 0 bridgehead atoms. The number of Topliss-reactive ketones (excluding diaryl/α,β-unsaturated/α-hetero) is 1. The SMILES string of the molecule is CC(=O)C1=C(C)Nc2nc(SCc3ccccc3Cl)nn2C1c1ccc(Cl)cc1Cl. The minimum atomic E-state index is -0.495. The molecule has 1 N–H and O–H groups in total. The van der Waals surface area contributed by atoms with Gasteiger partial charge in [0.25, 0.3) is 0 Å². The molecule has 154 valence electrons. The first kappa shape index (κ1) is 21.2. The summed E-state index contributed by atoms with van der Waals surface area (Å²) in [6, 6.07) is 12.4. The molecule has 0 radical (unpaired) electrons. The van der Waals surface area contributed by atoms with Crippen LogP contribution in [0, 0.1) is 0 Å². The number of thioether (sulfide) groups is 1. The van der Waals surface area contributed by atoms with Crippen molar-refractivity contribution in [2.75, 3.05) is 5.32 Å². The summed E-state index contributed by atoms with van der Waals surface area (Å²) in [5.74, 6) is 1.11. The second kappa shape index (κ2) is 8.63. The summed E-state index contributed by atoms with van der Waals surface area (Å²) in [6.45, 7) is 3.38. The van der Waals surface area contributed by atoms with E-state index in [0.29, 0.717) is 37.5 Å². The minimum absolute atomic E-state index is 0.0672. The third-order valence-corrected chi connectivity index (χ3v) is 6.60. The molecule has 1 aliphatic rings. The lowest BCUT2D eigenvalue weighted by atomic mass is 9.93. The van der Waals surface area contributed by atoms with Gasteiger partial charge in [0.1, 0.15) is 6.04 Å². The van der Waals surface area contributed by atoms with Crippen LogP contribution in [0.25, 0.3) is 0 Å². The maximum Gasteiger partial charge on any atom is 0.227 e. The quantitative estimate of drug-likeness (QED) is 0.429. The van der Waals surface area contributed by atoms with E-state index in [2.05, 4.69) is 15.4 Å². The molecule has 1 atom stereocenters. The molecule has 0 amide bonds. The standard InChI is InChI=1S/C21H17Cl3N4OS/c1-11-18(12(2)29)19(15-8-7-14(22)9-17(15)24)28-20(25-11)26-21(27-28)30-10-13-5-3-4-6-16(13)23/h3-9,19H,10H2,1-2H3,(H,25,26,27). The van der Waals surface area contributed by atoms with Crippen molar-refractivity contribution in [2.24, 2.45) is 0 Å². The second-order valence-electron chi connectivity index (χ2n) is 6.83. The molecule has 9 heteroatoms. The third kappa shape index (κ3) is 4.10. The average Bonchev–Trinajstić information content (AvgIpc) is 3.09. The molecule has 5 nitrogen and oxygen atoms in total. The molecule has 0 fully saturated rings. The molecular weight excluding hydrogens is 463 g/mol. The lowest BCUT2D eigenvalue weighted by molar-refractivity contribution is -0.114. The van der Waals surface area contributed by atoms with Gasteiger partial charge in [-0.15, -0.1) is 5.10 Å². The van der Waals surface area contributed by atoms with Crippen LogP contribution >= 0.6 is 46.6 Å². The van der Waals surface area contributed by atoms with Gasteiger partial charge in [-0.05, 0) is 37.6 Å². The molecule has 1 unspecified atom stereocenters. The van der Waals surface area contributed by atoms with Crippen molar-refractivity contribution < 1.29 is 4.79 Å². The van der Waals surface area contributed by atoms with E-state index in [-0.39, 0.29) is 5.78 Å². The van der Waals surface area contributed by atoms with Gasteiger partial charge in [-0.1, -0.05) is 70.8 Å². The van der Waals surface area contributed by atoms with E-state index in [4.69, 9.17) is 34.8 Å². The number of hydrogen-bond acceptors (Lipinski definition) is 5. The summed E-state index contributed by atoms with van der Waals surface area (Å²) in [5, 5.41) is 10.1. The number of rotatable bonds is 5. The van der Waals surface area contributed by atoms with Gasteiger partial charge in [0, 0.05) is 37.7 Å². The van der Waals surface area contributed by atoms with E-state index in [9.17, 15) is 4.79 Å². The van der Waals surface area contributed by atoms with Crippen LogP contribution in [0.4, 0.5) is 5.95 Å². The van der Waals surface area contributed by atoms with E-state index >= 15 is 0 Å². The summed E-state index contributed by atoms with van der Waals surface area (Å²) in [6.07, 6.45) is 0. The second-order valence-corrected chi connectivity index (χ2v) is 9.02. The van der Waals surface area contributed by atoms with Crippen LogP contribution in [0.3, 0.4) is 0 Å². The number of aromatic nitrogens is 3. The topological polar surface area (TPSA) is 59.8 Å². The predicted molar refractivity (Wildman–Crippen MR) is 123 cm³/mol. The molecule has 3 aromatic rings. The highest BCUT2D eigenvalue weighted by atomic mass is 35.5. The van der Waals surface area contributed by atoms with Crippen molar-refractivity contribution in [3.63, 3.8) is 0 Å². The largest absolute Gasteiger partial charge is 0.328 e. The van der Waals surface area contributed by atoms with Crippen molar-refractivity contribution in [3.05, 3.63) is 79.9 Å². The Kier molecular flexibility index (Phi) is 6.11. The average molecular weight is 480 g/mol. The van der Waals surface area contributed by atoms with E-state index in [1.165, 1.54) is 18.7 Å². The lowest BCUT2D eigenvalue weighted by Crippen LogP contribution is -2.28. The fourth-order valence-electron chi connectivity index (χ4n) is 3.42. The Bertz CT molecular complexity index is 1170. The van der Waals surface area contributed by atoms with Gasteiger partial charge in [0.2, 0.25) is 11.1 Å². The number of halogens is 3. The highest BCUT2D eigenvalue weighted by molar-refractivity contribution is 7.98. The Morgan fingerprint density at radius 3 is 2.63 bits per heavy atom. The van der Waals surface area contributed by atoms with E-state index < -0.39 is 6.04 Å². The zero-order valence-electron chi connectivity index (χ0n) is 16.1. The molecule has 1 aliphatic heterocycles. The molecule has 0 saturated carbocycles. The lowest BCUT2D eigenvalue weighted by Gasteiger charge is -2.28. The summed E-state index contributed by atoms with van der Waals surface area (Å²) in [5.41, 5.74) is 3.04. The number of ketones is 1. The highest BCUT2D eigenvalue weighted by Gasteiger charge is 2.33. The van der Waals surface area contributed by atoms with Crippen LogP contribution in [0.1, 0.15) is 31.0 Å². The molecule has 30 heavy (non-hydrogen) atoms. The van der Waals surface area contributed by atoms with E-state index in [1.54, 1.807) is 16.8 Å². The Hall–Kier alpha value is -1.99. The molecular formula is C21H17Cl3N4OS. The zero-order valence-corrected chi connectivity index (χ0v) is 19.2. The van der Waals surface area contributed by atoms with Crippen molar-refractivity contribution in [3.8, 4) is 0 Å². The first-order valence-corrected chi connectivity index (χ1v) is 11.2. The number of benzene rings is 2. The molecule has 2 aromatic carbocycles. The Labute approximate surface area is 193 Å². The third-order valence-electron chi connectivity index (χ3n) is 4.78. The van der Waals surface area contributed by atoms with Crippen molar-refractivity contribution >= 4 is 58.3 Å². The summed E-state index contributed by atoms with van der Waals surface area (Å²) in [7, 11) is 0. The minimum Gasteiger partial charge on any atom is -0.328 e. The maximum atomic E-state index is 12.5. The van der Waals surface area contributed by atoms with Gasteiger partial charge in [0.05, 0.1) is 0 Å². The van der Waals surface area contributed by atoms with Crippen LogP contribution < -0.4 is 5.32 Å². The molecule has 1 aromatic heterocycles. The van der Waals surface area contributed by atoms with E-state index in [0.717, 1.165) is 16.8 Å². The van der Waals surface area contributed by atoms with Crippen LogP contribution in [0.15, 0.2) is 58.9 Å². The Morgan fingerprint density at radius 2 is 1.93 bits per heavy atom. The molecule has 2 heterocycles. The predicted octanol–water partition coefficient (Wildman–Crippen LogP) is 6.41. The van der Waals surface area contributed by atoms with E-state index in [1.807, 2.05) is 37.3 Å². The summed E-state index contributed by atoms with van der Waals surface area (Å²) >= 11 is 20.3. The van der Waals surface area contributed by atoms with Crippen molar-refractivity contribution in [1.29, 1.82) is 0 Å². The van der Waals surface area contributed by atoms with Gasteiger partial charge in [0.15, 0.2) is 5.78 Å². The number of carbonyl (C=O) groups is 1. The fourth-order valence-corrected chi connectivity index (χ4v) is 5.04. The van der Waals surface area contributed by atoms with Crippen LogP contribution in [-0.4, -0.2) is 20.5 Å². The number of fused-ring (bicyclic) bond motifs is 1. The number of carbonyl (C=O) groups excluding carboxylic acids is 1. The summed E-state index contributed by atoms with van der Waals surface area (Å²) < 4.78 is 1.70. The molecule has 0 saturated heterocycles. The van der Waals surface area contributed by atoms with Gasteiger partial charge >= 0.3 is 0 Å². The Morgan fingerprint density at radius 1 is 1.17 bits per heavy atom. The first-order valence-electron chi connectivity index (χ1n) is 9.11. The van der Waals surface area contributed by atoms with Gasteiger partial charge in [-0.3, -0.25) is 4.79 Å². The van der Waals surface area contributed by atoms with Gasteiger partial charge in [-0.25, -0.2) is 4.68 Å². The number of allylic oxidation sites excluding steroid dienone is 2. The highest BCUT2D eigenvalue weighted by Crippen LogP contribution is 2.40. The maximum absolute atomic E-state index is 12.5.